The van der Waals surface area contributed by atoms with Gasteiger partial charge in [0.05, 0.1) is 18.5 Å². The Kier molecular flexibility index (Phi) is 7.83. The summed E-state index contributed by atoms with van der Waals surface area (Å²) in [5.74, 6) is 1.08. The molecule has 1 aliphatic carbocycles. The van der Waals surface area contributed by atoms with E-state index in [0.717, 1.165) is 54.9 Å². The lowest BCUT2D eigenvalue weighted by molar-refractivity contribution is -0.117. The number of hydrogen-bond donors (Lipinski definition) is 1. The highest BCUT2D eigenvalue weighted by Crippen LogP contribution is 2.28. The normalized spacial score (nSPS) is 15.9. The second-order valence-electron chi connectivity index (χ2n) is 9.78. The van der Waals surface area contributed by atoms with Crippen LogP contribution in [0.15, 0.2) is 65.2 Å². The molecule has 0 radical (unpaired) electrons. The lowest BCUT2D eigenvalue weighted by Gasteiger charge is -2.32. The number of amides is 2. The van der Waals surface area contributed by atoms with Crippen molar-refractivity contribution in [3.63, 3.8) is 0 Å². The van der Waals surface area contributed by atoms with Crippen LogP contribution in [0.5, 0.6) is 0 Å². The fourth-order valence-electron chi connectivity index (χ4n) is 5.09. The monoisotopic (exact) mass is 515 g/mol. The quantitative estimate of drug-likeness (QED) is 0.459. The number of nitrogens with one attached hydrogen (secondary N) is 1. The van der Waals surface area contributed by atoms with Crippen LogP contribution >= 0.6 is 0 Å². The molecule has 0 unspecified atom stereocenters. The van der Waals surface area contributed by atoms with E-state index >= 15 is 0 Å². The van der Waals surface area contributed by atoms with Gasteiger partial charge in [0.2, 0.25) is 0 Å². The van der Waals surface area contributed by atoms with Crippen LogP contribution in [-0.4, -0.2) is 64.8 Å². The van der Waals surface area contributed by atoms with E-state index < -0.39 is 0 Å². The highest BCUT2D eigenvalue weighted by Gasteiger charge is 2.25. The summed E-state index contributed by atoms with van der Waals surface area (Å²) >= 11 is 0. The van der Waals surface area contributed by atoms with Crippen molar-refractivity contribution < 1.29 is 18.7 Å². The first-order chi connectivity index (χ1) is 18.5. The van der Waals surface area contributed by atoms with Crippen molar-refractivity contribution in [2.75, 3.05) is 33.4 Å². The molecule has 5 rings (SSSR count). The van der Waals surface area contributed by atoms with Gasteiger partial charge in [-0.05, 0) is 43.4 Å². The molecule has 0 saturated carbocycles. The maximum atomic E-state index is 13.1. The number of methoxy groups -OCH3 is 1. The largest absolute Gasteiger partial charge is 0.444 e. The van der Waals surface area contributed by atoms with Gasteiger partial charge in [0.25, 0.3) is 11.8 Å². The third-order valence-corrected chi connectivity index (χ3v) is 7.27. The second-order valence-corrected chi connectivity index (χ2v) is 9.78. The van der Waals surface area contributed by atoms with Gasteiger partial charge in [-0.1, -0.05) is 24.3 Å². The molecule has 1 saturated heterocycles. The maximum absolute atomic E-state index is 13.1. The van der Waals surface area contributed by atoms with Crippen molar-refractivity contribution in [1.29, 1.82) is 0 Å². The Hall–Kier alpha value is -3.98. The summed E-state index contributed by atoms with van der Waals surface area (Å²) in [4.78, 5) is 31.6. The van der Waals surface area contributed by atoms with Crippen LogP contribution in [0.25, 0.3) is 16.9 Å². The summed E-state index contributed by atoms with van der Waals surface area (Å²) in [5.41, 5.74) is 5.19. The van der Waals surface area contributed by atoms with E-state index in [1.165, 1.54) is 6.39 Å². The molecule has 0 bridgehead atoms. The third-order valence-electron chi connectivity index (χ3n) is 7.27. The van der Waals surface area contributed by atoms with E-state index in [0.29, 0.717) is 42.4 Å². The predicted molar refractivity (Wildman–Crippen MR) is 143 cm³/mol. The van der Waals surface area contributed by atoms with Gasteiger partial charge in [-0.2, -0.15) is 5.10 Å². The highest BCUT2D eigenvalue weighted by atomic mass is 16.5. The van der Waals surface area contributed by atoms with Crippen molar-refractivity contribution in [3.8, 4) is 11.3 Å². The summed E-state index contributed by atoms with van der Waals surface area (Å²) in [6.07, 6.45) is 11.5. The number of allylic oxidation sites excluding steroid dienone is 2. The van der Waals surface area contributed by atoms with E-state index in [1.54, 1.807) is 13.3 Å². The lowest BCUT2D eigenvalue weighted by atomic mass is 9.96. The Morgan fingerprint density at radius 1 is 1.18 bits per heavy atom. The molecule has 9 nitrogen and oxygen atoms in total. The molecule has 2 aliphatic rings. The van der Waals surface area contributed by atoms with Gasteiger partial charge in [-0.15, -0.1) is 0 Å². The summed E-state index contributed by atoms with van der Waals surface area (Å²) < 4.78 is 12.4. The molecule has 1 N–H and O–H groups in total. The average Bonchev–Trinajstić information content (AvgIpc) is 3.59. The minimum Gasteiger partial charge on any atom is -0.444 e. The zero-order valence-corrected chi connectivity index (χ0v) is 21.9. The van der Waals surface area contributed by atoms with Gasteiger partial charge in [-0.25, -0.2) is 4.98 Å². The van der Waals surface area contributed by atoms with Gasteiger partial charge in [0, 0.05) is 68.2 Å². The van der Waals surface area contributed by atoms with Gasteiger partial charge < -0.3 is 19.4 Å². The van der Waals surface area contributed by atoms with Crippen LogP contribution in [0, 0.1) is 5.92 Å². The van der Waals surface area contributed by atoms with Crippen molar-refractivity contribution in [2.45, 2.75) is 32.7 Å². The SMILES string of the molecule is COCCNC(=O)C1=C(C)c2cn(CC3CCN(C(=O)c4ccc(-c5cnco5)cc4)CC3)nc2CC=C1. The number of rotatable bonds is 8. The van der Waals surface area contributed by atoms with Gasteiger partial charge in [0.1, 0.15) is 0 Å². The number of piperidine rings is 1. The smallest absolute Gasteiger partial charge is 0.253 e. The standard InChI is InChI=1S/C29H33N5O4/c1-20-24(28(35)31-12-15-37-2)4-3-5-26-25(20)18-34(32-26)17-21-10-13-33(14-11-21)29(36)23-8-6-22(7-9-23)27-16-30-19-38-27/h3-4,6-9,16,18-19,21H,5,10-15,17H2,1-2H3,(H,31,35). The first kappa shape index (κ1) is 25.7. The summed E-state index contributed by atoms with van der Waals surface area (Å²) in [7, 11) is 1.62. The van der Waals surface area contributed by atoms with Crippen LogP contribution < -0.4 is 5.32 Å². The van der Waals surface area contributed by atoms with Crippen LogP contribution in [0.1, 0.15) is 41.4 Å². The Morgan fingerprint density at radius 2 is 1.97 bits per heavy atom. The van der Waals surface area contributed by atoms with Gasteiger partial charge in [-0.3, -0.25) is 14.3 Å². The van der Waals surface area contributed by atoms with Crippen LogP contribution in [0.2, 0.25) is 0 Å². The van der Waals surface area contributed by atoms with E-state index in [-0.39, 0.29) is 11.8 Å². The fourth-order valence-corrected chi connectivity index (χ4v) is 5.09. The molecule has 2 aromatic heterocycles. The van der Waals surface area contributed by atoms with Crippen molar-refractivity contribution in [1.82, 2.24) is 25.0 Å². The Morgan fingerprint density at radius 3 is 2.68 bits per heavy atom. The molecule has 0 spiro atoms. The zero-order chi connectivity index (χ0) is 26.5. The minimum atomic E-state index is -0.0962. The molecular weight excluding hydrogens is 482 g/mol. The van der Waals surface area contributed by atoms with Crippen molar-refractivity contribution >= 4 is 17.4 Å². The van der Waals surface area contributed by atoms with Gasteiger partial charge in [0.15, 0.2) is 12.2 Å². The number of nitrogens with zero attached hydrogens (tertiary/aromatic N) is 4. The molecule has 3 heterocycles. The van der Waals surface area contributed by atoms with Gasteiger partial charge >= 0.3 is 0 Å². The van der Waals surface area contributed by atoms with Crippen molar-refractivity contribution in [2.24, 2.45) is 5.92 Å². The average molecular weight is 516 g/mol. The highest BCUT2D eigenvalue weighted by molar-refractivity contribution is 6.04. The topological polar surface area (TPSA) is 102 Å². The molecule has 198 valence electrons. The Bertz CT molecular complexity index is 1330. The molecule has 1 aromatic carbocycles. The number of fused-ring (bicyclic) bond motifs is 1. The first-order valence-electron chi connectivity index (χ1n) is 13.0. The molecule has 38 heavy (non-hydrogen) atoms. The number of benzene rings is 1. The summed E-state index contributed by atoms with van der Waals surface area (Å²) in [6.45, 7) is 5.18. The molecule has 9 heteroatoms. The van der Waals surface area contributed by atoms with E-state index in [1.807, 2.05) is 52.9 Å². The van der Waals surface area contributed by atoms with Crippen LogP contribution in [0.3, 0.4) is 0 Å². The lowest BCUT2D eigenvalue weighted by Crippen LogP contribution is -2.39. The second kappa shape index (κ2) is 11.6. The fraction of sp³-hybridized carbons (Fsp3) is 0.379. The third kappa shape index (κ3) is 5.62. The Balaban J connectivity index is 1.18. The summed E-state index contributed by atoms with van der Waals surface area (Å²) in [6, 6.07) is 7.48. The van der Waals surface area contributed by atoms with Crippen LogP contribution in [0.4, 0.5) is 0 Å². The number of hydrogen-bond acceptors (Lipinski definition) is 6. The zero-order valence-electron chi connectivity index (χ0n) is 21.9. The molecule has 1 fully saturated rings. The minimum absolute atomic E-state index is 0.0576. The van der Waals surface area contributed by atoms with E-state index in [9.17, 15) is 9.59 Å². The summed E-state index contributed by atoms with van der Waals surface area (Å²) in [5, 5.41) is 7.75. The Labute approximate surface area is 222 Å². The molecule has 3 aromatic rings. The number of likely N-dealkylation sites (tertiary alicyclic amines) is 1. The predicted octanol–water partition coefficient (Wildman–Crippen LogP) is 3.74. The molecular formula is C29H33N5O4. The van der Waals surface area contributed by atoms with Crippen molar-refractivity contribution in [3.05, 3.63) is 77.6 Å². The number of oxazole rings is 1. The number of ether oxygens (including phenoxy) is 1. The number of carbonyl (C=O) groups excluding carboxylic acids is 2. The van der Waals surface area contributed by atoms with E-state index in [2.05, 4.69) is 16.5 Å². The molecule has 0 atom stereocenters. The first-order valence-corrected chi connectivity index (χ1v) is 13.0. The molecule has 1 aliphatic heterocycles. The maximum Gasteiger partial charge on any atom is 0.253 e. The number of carbonyl (C=O) groups is 2. The number of aromatic nitrogens is 3. The van der Waals surface area contributed by atoms with E-state index in [4.69, 9.17) is 14.3 Å². The molecule has 2 amide bonds. The van der Waals surface area contributed by atoms with Crippen LogP contribution in [-0.2, 0) is 22.5 Å².